The molecule has 0 saturated carbocycles. The highest BCUT2D eigenvalue weighted by atomic mass is 79.9. The van der Waals surface area contributed by atoms with Gasteiger partial charge in [-0.15, -0.1) is 0 Å². The molecule has 19 heavy (non-hydrogen) atoms. The van der Waals surface area contributed by atoms with Crippen LogP contribution in [0.1, 0.15) is 6.92 Å². The highest BCUT2D eigenvalue weighted by Gasteiger charge is 2.27. The van der Waals surface area contributed by atoms with Gasteiger partial charge in [0.15, 0.2) is 0 Å². The Balaban J connectivity index is 1.99. The van der Waals surface area contributed by atoms with E-state index in [0.717, 1.165) is 37.2 Å². The lowest BCUT2D eigenvalue weighted by Crippen LogP contribution is -2.53. The number of aliphatic hydroxyl groups is 1. The van der Waals surface area contributed by atoms with E-state index < -0.39 is 0 Å². The maximum Gasteiger partial charge on any atom is 0.0595 e. The van der Waals surface area contributed by atoms with E-state index in [1.165, 1.54) is 0 Å². The van der Waals surface area contributed by atoms with Crippen molar-refractivity contribution in [3.05, 3.63) is 34.9 Å². The predicted molar refractivity (Wildman–Crippen MR) is 83.3 cm³/mol. The van der Waals surface area contributed by atoms with Crippen LogP contribution in [-0.4, -0.2) is 60.3 Å². The standard InChI is InChI=1S/C15H23BrN2O/c1-2-17-8-10-18(11-9-17)15(12-19)13-4-3-5-14(16)7-6-13/h3-7,13,15,19H,2,8-12H2,1H3. The molecule has 2 unspecified atom stereocenters. The summed E-state index contributed by atoms with van der Waals surface area (Å²) in [5.41, 5.74) is 0. The third-order valence-corrected chi connectivity index (χ3v) is 4.55. The minimum absolute atomic E-state index is 0.193. The van der Waals surface area contributed by atoms with Crippen LogP contribution in [0.15, 0.2) is 34.9 Å². The summed E-state index contributed by atoms with van der Waals surface area (Å²) in [5.74, 6) is 0.282. The summed E-state index contributed by atoms with van der Waals surface area (Å²) in [5, 5.41) is 9.76. The van der Waals surface area contributed by atoms with Gasteiger partial charge < -0.3 is 10.0 Å². The zero-order valence-electron chi connectivity index (χ0n) is 11.5. The Morgan fingerprint density at radius 3 is 2.68 bits per heavy atom. The third kappa shape index (κ3) is 4.02. The number of halogens is 1. The summed E-state index contributed by atoms with van der Waals surface area (Å²) < 4.78 is 1.08. The molecule has 0 aromatic carbocycles. The molecule has 1 aliphatic carbocycles. The van der Waals surface area contributed by atoms with Crippen molar-refractivity contribution in [1.82, 2.24) is 9.80 Å². The molecule has 2 aliphatic rings. The van der Waals surface area contributed by atoms with E-state index in [-0.39, 0.29) is 18.6 Å². The van der Waals surface area contributed by atoms with E-state index in [0.29, 0.717) is 0 Å². The zero-order valence-corrected chi connectivity index (χ0v) is 13.1. The molecule has 1 heterocycles. The maximum atomic E-state index is 9.76. The Labute approximate surface area is 124 Å². The Hall–Kier alpha value is -0.420. The van der Waals surface area contributed by atoms with Crippen LogP contribution in [0, 0.1) is 5.92 Å². The minimum atomic E-state index is 0.193. The lowest BCUT2D eigenvalue weighted by atomic mass is 9.97. The highest BCUT2D eigenvalue weighted by Crippen LogP contribution is 2.21. The van der Waals surface area contributed by atoms with Gasteiger partial charge in [-0.2, -0.15) is 0 Å². The summed E-state index contributed by atoms with van der Waals surface area (Å²) in [6.45, 7) is 7.85. The van der Waals surface area contributed by atoms with Gasteiger partial charge in [-0.3, -0.25) is 4.90 Å². The van der Waals surface area contributed by atoms with Crippen molar-refractivity contribution in [3.8, 4) is 0 Å². The van der Waals surface area contributed by atoms with E-state index in [1.54, 1.807) is 0 Å². The maximum absolute atomic E-state index is 9.76. The average molecular weight is 327 g/mol. The van der Waals surface area contributed by atoms with Crippen LogP contribution >= 0.6 is 15.9 Å². The molecule has 1 fully saturated rings. The topological polar surface area (TPSA) is 26.7 Å². The lowest BCUT2D eigenvalue weighted by molar-refractivity contribution is 0.0563. The van der Waals surface area contributed by atoms with Gasteiger partial charge in [-0.1, -0.05) is 47.2 Å². The molecule has 1 saturated heterocycles. The number of piperazine rings is 1. The average Bonchev–Trinajstić information content (AvgIpc) is 2.66. The molecule has 0 radical (unpaired) electrons. The van der Waals surface area contributed by atoms with Gasteiger partial charge in [-0.05, 0) is 12.6 Å². The van der Waals surface area contributed by atoms with Crippen molar-refractivity contribution in [3.63, 3.8) is 0 Å². The summed E-state index contributed by atoms with van der Waals surface area (Å²) >= 11 is 3.49. The smallest absolute Gasteiger partial charge is 0.0595 e. The first kappa shape index (κ1) is 15.0. The van der Waals surface area contributed by atoms with Gasteiger partial charge >= 0.3 is 0 Å². The second kappa shape index (κ2) is 7.39. The van der Waals surface area contributed by atoms with Crippen LogP contribution in [0.2, 0.25) is 0 Å². The van der Waals surface area contributed by atoms with Crippen LogP contribution in [-0.2, 0) is 0 Å². The molecule has 0 bridgehead atoms. The molecule has 3 nitrogen and oxygen atoms in total. The van der Waals surface area contributed by atoms with E-state index >= 15 is 0 Å². The van der Waals surface area contributed by atoms with Crippen molar-refractivity contribution in [2.45, 2.75) is 13.0 Å². The van der Waals surface area contributed by atoms with Crippen LogP contribution < -0.4 is 0 Å². The predicted octanol–water partition coefficient (Wildman–Crippen LogP) is 2.01. The van der Waals surface area contributed by atoms with Crippen molar-refractivity contribution in [2.75, 3.05) is 39.3 Å². The number of aliphatic hydroxyl groups excluding tert-OH is 1. The largest absolute Gasteiger partial charge is 0.395 e. The van der Waals surface area contributed by atoms with E-state index in [4.69, 9.17) is 0 Å². The van der Waals surface area contributed by atoms with Crippen molar-refractivity contribution in [1.29, 1.82) is 0 Å². The highest BCUT2D eigenvalue weighted by molar-refractivity contribution is 9.11. The first-order chi connectivity index (χ1) is 9.24. The molecule has 0 aromatic heterocycles. The van der Waals surface area contributed by atoms with Crippen LogP contribution in [0.25, 0.3) is 0 Å². The fraction of sp³-hybridized carbons (Fsp3) is 0.600. The number of allylic oxidation sites excluding steroid dienone is 4. The molecule has 106 valence electrons. The quantitative estimate of drug-likeness (QED) is 0.856. The molecule has 2 atom stereocenters. The van der Waals surface area contributed by atoms with Crippen molar-refractivity contribution >= 4 is 15.9 Å². The van der Waals surface area contributed by atoms with Gasteiger partial charge in [0.1, 0.15) is 0 Å². The summed E-state index contributed by atoms with van der Waals surface area (Å²) in [6, 6.07) is 0.193. The monoisotopic (exact) mass is 326 g/mol. The molecule has 4 heteroatoms. The Kier molecular flexibility index (Phi) is 5.82. The molecular weight excluding hydrogens is 304 g/mol. The molecule has 1 aliphatic heterocycles. The molecule has 0 amide bonds. The SMILES string of the molecule is CCN1CCN(C(CO)C2C=CC=C(Br)C=C2)CC1. The summed E-state index contributed by atoms with van der Waals surface area (Å²) in [6.07, 6.45) is 10.5. The lowest BCUT2D eigenvalue weighted by Gasteiger charge is -2.40. The third-order valence-electron chi connectivity index (χ3n) is 4.02. The van der Waals surface area contributed by atoms with Gasteiger partial charge in [0.2, 0.25) is 0 Å². The van der Waals surface area contributed by atoms with Crippen molar-refractivity contribution < 1.29 is 5.11 Å². The number of rotatable bonds is 4. The zero-order chi connectivity index (χ0) is 13.7. The van der Waals surface area contributed by atoms with E-state index in [2.05, 4.69) is 57.0 Å². The van der Waals surface area contributed by atoms with Crippen LogP contribution in [0.4, 0.5) is 0 Å². The van der Waals surface area contributed by atoms with Gasteiger partial charge in [0.05, 0.1) is 6.61 Å². The molecule has 1 N–H and O–H groups in total. The molecule has 0 aromatic rings. The van der Waals surface area contributed by atoms with Crippen LogP contribution in [0.3, 0.4) is 0 Å². The number of nitrogens with zero attached hydrogens (tertiary/aromatic N) is 2. The summed E-state index contributed by atoms with van der Waals surface area (Å²) in [4.78, 5) is 4.88. The number of hydrogen-bond acceptors (Lipinski definition) is 3. The second-order valence-electron chi connectivity index (χ2n) is 5.09. The first-order valence-electron chi connectivity index (χ1n) is 7.04. The summed E-state index contributed by atoms with van der Waals surface area (Å²) in [7, 11) is 0. The number of hydrogen-bond donors (Lipinski definition) is 1. The minimum Gasteiger partial charge on any atom is -0.395 e. The van der Waals surface area contributed by atoms with E-state index in [1.807, 2.05) is 6.08 Å². The van der Waals surface area contributed by atoms with E-state index in [9.17, 15) is 5.11 Å². The molecule has 2 rings (SSSR count). The van der Waals surface area contributed by atoms with Gasteiger partial charge in [0.25, 0.3) is 0 Å². The Morgan fingerprint density at radius 2 is 2.05 bits per heavy atom. The number of likely N-dealkylation sites (N-methyl/N-ethyl adjacent to an activating group) is 1. The fourth-order valence-electron chi connectivity index (χ4n) is 2.75. The normalized spacial score (nSPS) is 27.1. The fourth-order valence-corrected chi connectivity index (χ4v) is 3.05. The Bertz CT molecular complexity index is 370. The van der Waals surface area contributed by atoms with Gasteiger partial charge in [0, 0.05) is 42.6 Å². The Morgan fingerprint density at radius 1 is 1.32 bits per heavy atom. The first-order valence-corrected chi connectivity index (χ1v) is 7.83. The molecular formula is C15H23BrN2O. The molecule has 0 spiro atoms. The van der Waals surface area contributed by atoms with Gasteiger partial charge in [-0.25, -0.2) is 0 Å². The second-order valence-corrected chi connectivity index (χ2v) is 6.01. The van der Waals surface area contributed by atoms with Crippen molar-refractivity contribution in [2.24, 2.45) is 5.92 Å². The van der Waals surface area contributed by atoms with Crippen LogP contribution in [0.5, 0.6) is 0 Å².